The molecule has 20 heavy (non-hydrogen) atoms. The Kier molecular flexibility index (Phi) is 5.13. The van der Waals surface area contributed by atoms with Crippen LogP contribution in [0.4, 0.5) is 0 Å². The van der Waals surface area contributed by atoms with E-state index in [4.69, 9.17) is 9.47 Å². The molecule has 0 N–H and O–H groups in total. The van der Waals surface area contributed by atoms with Crippen molar-refractivity contribution < 1.29 is 14.3 Å². The van der Waals surface area contributed by atoms with Crippen LogP contribution in [0.5, 0.6) is 5.75 Å². The maximum absolute atomic E-state index is 10.7. The zero-order chi connectivity index (χ0) is 14.4. The first-order chi connectivity index (χ1) is 9.72. The molecule has 2 aromatic carbocycles. The van der Waals surface area contributed by atoms with Crippen LogP contribution in [0.2, 0.25) is 0 Å². The minimum absolute atomic E-state index is 0.256. The Balaban J connectivity index is 2.06. The molecular formula is C17H20O3. The number of hydrogen-bond acceptors (Lipinski definition) is 3. The first-order valence-corrected chi connectivity index (χ1v) is 7.00. The van der Waals surface area contributed by atoms with E-state index in [0.29, 0.717) is 12.2 Å². The quantitative estimate of drug-likeness (QED) is 0.430. The van der Waals surface area contributed by atoms with E-state index in [0.717, 1.165) is 35.6 Å². The Labute approximate surface area is 119 Å². The van der Waals surface area contributed by atoms with Crippen LogP contribution in [0.25, 0.3) is 10.8 Å². The molecule has 0 spiro atoms. The van der Waals surface area contributed by atoms with Gasteiger partial charge >= 0.3 is 0 Å². The van der Waals surface area contributed by atoms with Crippen molar-refractivity contribution >= 4 is 17.1 Å². The molecule has 0 aromatic heterocycles. The van der Waals surface area contributed by atoms with Gasteiger partial charge in [0.1, 0.15) is 12.0 Å². The summed E-state index contributed by atoms with van der Waals surface area (Å²) in [5.74, 6) is 0.778. The van der Waals surface area contributed by atoms with E-state index in [-0.39, 0.29) is 6.29 Å². The molecule has 2 rings (SSSR count). The third kappa shape index (κ3) is 3.81. The first-order valence-electron chi connectivity index (χ1n) is 7.00. The zero-order valence-electron chi connectivity index (χ0n) is 12.0. The number of rotatable bonds is 7. The van der Waals surface area contributed by atoms with Crippen LogP contribution in [0.15, 0.2) is 36.4 Å². The summed E-state index contributed by atoms with van der Waals surface area (Å²) in [6.07, 6.45) is 2.75. The van der Waals surface area contributed by atoms with Crippen molar-refractivity contribution in [2.45, 2.75) is 33.0 Å². The lowest BCUT2D eigenvalue weighted by atomic mass is 10.1. The average Bonchev–Trinajstić information content (AvgIpc) is 2.47. The van der Waals surface area contributed by atoms with Crippen LogP contribution >= 0.6 is 0 Å². The number of fused-ring (bicyclic) bond motifs is 1. The molecule has 2 aromatic rings. The van der Waals surface area contributed by atoms with Gasteiger partial charge in [0.05, 0.1) is 6.61 Å². The molecule has 1 atom stereocenters. The van der Waals surface area contributed by atoms with Gasteiger partial charge in [-0.05, 0) is 42.3 Å². The highest BCUT2D eigenvalue weighted by atomic mass is 16.7. The smallest absolute Gasteiger partial charge is 0.196 e. The molecule has 0 aliphatic heterocycles. The van der Waals surface area contributed by atoms with E-state index in [1.807, 2.05) is 37.3 Å². The van der Waals surface area contributed by atoms with E-state index >= 15 is 0 Å². The van der Waals surface area contributed by atoms with Crippen molar-refractivity contribution in [1.82, 2.24) is 0 Å². The summed E-state index contributed by atoms with van der Waals surface area (Å²) in [6, 6.07) is 11.4. The minimum Gasteiger partial charge on any atom is -0.465 e. The summed E-state index contributed by atoms with van der Waals surface area (Å²) in [7, 11) is 0. The fourth-order valence-corrected chi connectivity index (χ4v) is 2.01. The second-order valence-electron chi connectivity index (χ2n) is 4.80. The maximum atomic E-state index is 10.7. The van der Waals surface area contributed by atoms with E-state index in [9.17, 15) is 4.79 Å². The van der Waals surface area contributed by atoms with Gasteiger partial charge in [0.15, 0.2) is 6.29 Å². The van der Waals surface area contributed by atoms with Gasteiger partial charge in [0.25, 0.3) is 0 Å². The first kappa shape index (κ1) is 14.5. The molecule has 0 bridgehead atoms. The molecule has 0 amide bonds. The minimum atomic E-state index is -0.256. The normalized spacial score (nSPS) is 12.3. The van der Waals surface area contributed by atoms with Crippen LogP contribution in [-0.2, 0) is 4.74 Å². The molecule has 0 fully saturated rings. The van der Waals surface area contributed by atoms with Crippen molar-refractivity contribution in [2.75, 3.05) is 6.61 Å². The maximum Gasteiger partial charge on any atom is 0.196 e. The van der Waals surface area contributed by atoms with E-state index in [1.54, 1.807) is 6.07 Å². The van der Waals surface area contributed by atoms with Crippen LogP contribution < -0.4 is 4.74 Å². The SMILES string of the molecule is CCCCOC(C)Oc1ccc2cc(C=O)ccc2c1. The molecule has 0 radical (unpaired) electrons. The van der Waals surface area contributed by atoms with Gasteiger partial charge in [-0.3, -0.25) is 4.79 Å². The highest BCUT2D eigenvalue weighted by Gasteiger charge is 2.05. The number of aldehydes is 1. The summed E-state index contributed by atoms with van der Waals surface area (Å²) in [6.45, 7) is 4.75. The fraction of sp³-hybridized carbons (Fsp3) is 0.353. The van der Waals surface area contributed by atoms with Crippen LogP contribution in [0.3, 0.4) is 0 Å². The van der Waals surface area contributed by atoms with Crippen molar-refractivity contribution in [3.8, 4) is 5.75 Å². The lowest BCUT2D eigenvalue weighted by molar-refractivity contribution is -0.0673. The summed E-state index contributed by atoms with van der Waals surface area (Å²) >= 11 is 0. The second kappa shape index (κ2) is 7.06. The molecule has 106 valence electrons. The van der Waals surface area contributed by atoms with Crippen molar-refractivity contribution in [3.63, 3.8) is 0 Å². The van der Waals surface area contributed by atoms with Gasteiger partial charge in [-0.2, -0.15) is 0 Å². The topological polar surface area (TPSA) is 35.5 Å². The van der Waals surface area contributed by atoms with Gasteiger partial charge in [0.2, 0.25) is 0 Å². The van der Waals surface area contributed by atoms with E-state index < -0.39 is 0 Å². The predicted octanol–water partition coefficient (Wildman–Crippen LogP) is 4.19. The fourth-order valence-electron chi connectivity index (χ4n) is 2.01. The molecule has 0 saturated carbocycles. The van der Waals surface area contributed by atoms with E-state index in [1.165, 1.54) is 0 Å². The van der Waals surface area contributed by atoms with Gasteiger partial charge in [0, 0.05) is 5.56 Å². The molecular weight excluding hydrogens is 252 g/mol. The summed E-state index contributed by atoms with van der Waals surface area (Å²) in [5.41, 5.74) is 0.683. The number of benzene rings is 2. The molecule has 0 aliphatic carbocycles. The average molecular weight is 272 g/mol. The molecule has 1 unspecified atom stereocenters. The second-order valence-corrected chi connectivity index (χ2v) is 4.80. The molecule has 3 nitrogen and oxygen atoms in total. The third-order valence-corrected chi connectivity index (χ3v) is 3.12. The van der Waals surface area contributed by atoms with Crippen LogP contribution in [0.1, 0.15) is 37.0 Å². The largest absolute Gasteiger partial charge is 0.465 e. The Bertz CT molecular complexity index is 577. The van der Waals surface area contributed by atoms with E-state index in [2.05, 4.69) is 6.92 Å². The number of unbranched alkanes of at least 4 members (excludes halogenated alkanes) is 1. The monoisotopic (exact) mass is 272 g/mol. The Morgan fingerprint density at radius 1 is 1.15 bits per heavy atom. The lowest BCUT2D eigenvalue weighted by Gasteiger charge is -2.15. The van der Waals surface area contributed by atoms with Gasteiger partial charge in [-0.1, -0.05) is 31.5 Å². The highest BCUT2D eigenvalue weighted by Crippen LogP contribution is 2.22. The Morgan fingerprint density at radius 3 is 2.65 bits per heavy atom. The summed E-state index contributed by atoms with van der Waals surface area (Å²) in [4.78, 5) is 10.7. The van der Waals surface area contributed by atoms with Crippen LogP contribution in [0, 0.1) is 0 Å². The van der Waals surface area contributed by atoms with Gasteiger partial charge in [-0.15, -0.1) is 0 Å². The number of hydrogen-bond donors (Lipinski definition) is 0. The van der Waals surface area contributed by atoms with Crippen LogP contribution in [-0.4, -0.2) is 19.2 Å². The molecule has 0 aliphatic rings. The molecule has 0 saturated heterocycles. The zero-order valence-corrected chi connectivity index (χ0v) is 12.0. The summed E-state index contributed by atoms with van der Waals surface area (Å²) in [5, 5.41) is 2.08. The Hall–Kier alpha value is -1.87. The standard InChI is InChI=1S/C17H20O3/c1-3-4-9-19-13(2)20-17-8-7-15-10-14(12-18)5-6-16(15)11-17/h5-8,10-13H,3-4,9H2,1-2H3. The number of carbonyl (C=O) groups is 1. The van der Waals surface area contributed by atoms with Crippen molar-refractivity contribution in [3.05, 3.63) is 42.0 Å². The van der Waals surface area contributed by atoms with Crippen molar-refractivity contribution in [2.24, 2.45) is 0 Å². The van der Waals surface area contributed by atoms with Gasteiger partial charge in [-0.25, -0.2) is 0 Å². The highest BCUT2D eigenvalue weighted by molar-refractivity contribution is 5.89. The number of carbonyl (C=O) groups excluding carboxylic acids is 1. The summed E-state index contributed by atoms with van der Waals surface area (Å²) < 4.78 is 11.3. The van der Waals surface area contributed by atoms with Crippen molar-refractivity contribution in [1.29, 1.82) is 0 Å². The molecule has 3 heteroatoms. The van der Waals surface area contributed by atoms with Gasteiger partial charge < -0.3 is 9.47 Å². The number of ether oxygens (including phenoxy) is 2. The molecule has 0 heterocycles. The Morgan fingerprint density at radius 2 is 1.90 bits per heavy atom. The lowest BCUT2D eigenvalue weighted by Crippen LogP contribution is -2.16. The third-order valence-electron chi connectivity index (χ3n) is 3.12. The predicted molar refractivity (Wildman–Crippen MR) is 80.3 cm³/mol.